The van der Waals surface area contributed by atoms with Gasteiger partial charge in [-0.05, 0) is 125 Å². The van der Waals surface area contributed by atoms with Gasteiger partial charge >= 0.3 is 6.03 Å². The van der Waals surface area contributed by atoms with Gasteiger partial charge in [-0.15, -0.1) is 0 Å². The number of barbiturate groups is 1. The molecule has 8 rings (SSSR count). The third-order valence-electron chi connectivity index (χ3n) is 9.72. The molecule has 0 aromatic heterocycles. The van der Waals surface area contributed by atoms with E-state index in [-0.39, 0.29) is 22.6 Å². The van der Waals surface area contributed by atoms with Crippen molar-refractivity contribution in [3.05, 3.63) is 98.0 Å². The zero-order valence-corrected chi connectivity index (χ0v) is 26.2. The van der Waals surface area contributed by atoms with E-state index in [1.807, 2.05) is 18.2 Å². The Balaban J connectivity index is 1.12. The lowest BCUT2D eigenvalue weighted by molar-refractivity contribution is -0.122. The molecule has 0 atom stereocenters. The van der Waals surface area contributed by atoms with Crippen LogP contribution in [0.2, 0.25) is 5.02 Å². The number of amides is 4. The summed E-state index contributed by atoms with van der Waals surface area (Å²) in [6.07, 6.45) is 9.15. The first-order valence-corrected chi connectivity index (χ1v) is 16.0. The molecule has 1 saturated heterocycles. The largest absolute Gasteiger partial charge is 0.486 e. The van der Waals surface area contributed by atoms with Crippen LogP contribution < -0.4 is 15.0 Å². The summed E-state index contributed by atoms with van der Waals surface area (Å²) < 4.78 is 6.41. The van der Waals surface area contributed by atoms with E-state index in [2.05, 4.69) is 39.4 Å². The Morgan fingerprint density at radius 1 is 1.00 bits per heavy atom. The summed E-state index contributed by atoms with van der Waals surface area (Å²) in [5, 5.41) is 11.9. The Hall–Kier alpha value is -3.93. The summed E-state index contributed by atoms with van der Waals surface area (Å²) in [6, 6.07) is 19.5. The van der Waals surface area contributed by atoms with Gasteiger partial charge in [0.2, 0.25) is 0 Å². The van der Waals surface area contributed by atoms with Crippen LogP contribution in [0.4, 0.5) is 10.5 Å². The molecule has 222 valence electrons. The van der Waals surface area contributed by atoms with E-state index in [0.29, 0.717) is 32.6 Å². The Morgan fingerprint density at radius 3 is 2.30 bits per heavy atom. The number of benzene rings is 3. The molecule has 1 N–H and O–H groups in total. The molecule has 4 bridgehead atoms. The van der Waals surface area contributed by atoms with Crippen molar-refractivity contribution in [3.63, 3.8) is 0 Å². The number of imide groups is 2. The Morgan fingerprint density at radius 2 is 1.66 bits per heavy atom. The van der Waals surface area contributed by atoms with Crippen LogP contribution in [0.25, 0.3) is 6.08 Å². The minimum absolute atomic E-state index is 0.127. The van der Waals surface area contributed by atoms with Crippen LogP contribution in [0.3, 0.4) is 0 Å². The summed E-state index contributed by atoms with van der Waals surface area (Å²) in [7, 11) is 0. The van der Waals surface area contributed by atoms with Crippen LogP contribution in [0.5, 0.6) is 5.75 Å². The van der Waals surface area contributed by atoms with Crippen molar-refractivity contribution in [1.82, 2.24) is 5.32 Å². The lowest BCUT2D eigenvalue weighted by atomic mass is 9.48. The lowest BCUT2D eigenvalue weighted by Crippen LogP contribution is -2.54. The van der Waals surface area contributed by atoms with Gasteiger partial charge in [-0.1, -0.05) is 41.9 Å². The van der Waals surface area contributed by atoms with Crippen molar-refractivity contribution in [2.24, 2.45) is 17.8 Å². The van der Waals surface area contributed by atoms with Gasteiger partial charge in [0.25, 0.3) is 11.8 Å². The van der Waals surface area contributed by atoms with E-state index < -0.39 is 17.8 Å². The van der Waals surface area contributed by atoms with Crippen molar-refractivity contribution in [2.45, 2.75) is 50.5 Å². The second-order valence-corrected chi connectivity index (χ2v) is 13.8. The third kappa shape index (κ3) is 5.12. The lowest BCUT2D eigenvalue weighted by Gasteiger charge is -2.57. The highest BCUT2D eigenvalue weighted by Crippen LogP contribution is 2.60. The second kappa shape index (κ2) is 11.2. The van der Waals surface area contributed by atoms with Crippen molar-refractivity contribution in [1.29, 1.82) is 5.26 Å². The zero-order chi connectivity index (χ0) is 30.6. The fraction of sp³-hybridized carbons (Fsp3) is 0.314. The fourth-order valence-electron chi connectivity index (χ4n) is 8.19. The third-order valence-corrected chi connectivity index (χ3v) is 10.6. The van der Waals surface area contributed by atoms with E-state index in [0.717, 1.165) is 22.7 Å². The Kier molecular flexibility index (Phi) is 7.34. The highest BCUT2D eigenvalue weighted by atomic mass is 79.9. The van der Waals surface area contributed by atoms with Crippen molar-refractivity contribution < 1.29 is 19.1 Å². The number of ether oxygens (including phenoxy) is 1. The molecule has 1 aliphatic heterocycles. The number of carbonyl (C=O) groups excluding carboxylic acids is 3. The molecule has 44 heavy (non-hydrogen) atoms. The number of nitriles is 1. The molecule has 3 aromatic rings. The van der Waals surface area contributed by atoms with E-state index in [1.165, 1.54) is 50.2 Å². The molecule has 5 fully saturated rings. The average Bonchev–Trinajstić information content (AvgIpc) is 2.98. The van der Waals surface area contributed by atoms with Crippen LogP contribution in [-0.4, -0.2) is 17.8 Å². The maximum absolute atomic E-state index is 13.6. The molecule has 4 saturated carbocycles. The van der Waals surface area contributed by atoms with Gasteiger partial charge < -0.3 is 4.74 Å². The van der Waals surface area contributed by atoms with Gasteiger partial charge in [0.05, 0.1) is 26.8 Å². The first-order valence-electron chi connectivity index (χ1n) is 14.8. The molecule has 4 amide bonds. The topological polar surface area (TPSA) is 99.5 Å². The van der Waals surface area contributed by atoms with Gasteiger partial charge in [0, 0.05) is 5.56 Å². The van der Waals surface area contributed by atoms with Crippen LogP contribution in [0.1, 0.15) is 60.8 Å². The number of urea groups is 1. The smallest absolute Gasteiger partial charge is 0.335 e. The minimum atomic E-state index is -0.777. The Labute approximate surface area is 269 Å². The highest BCUT2D eigenvalue weighted by Gasteiger charge is 2.51. The quantitative estimate of drug-likeness (QED) is 0.214. The molecule has 0 radical (unpaired) electrons. The number of nitrogens with zero attached hydrogens (tertiary/aromatic N) is 2. The van der Waals surface area contributed by atoms with E-state index in [4.69, 9.17) is 16.3 Å². The van der Waals surface area contributed by atoms with Gasteiger partial charge in [-0.25, -0.2) is 9.69 Å². The molecule has 7 nitrogen and oxygen atoms in total. The van der Waals surface area contributed by atoms with Crippen LogP contribution in [0, 0.1) is 29.1 Å². The summed E-state index contributed by atoms with van der Waals surface area (Å²) in [6.45, 7) is 0.127. The van der Waals surface area contributed by atoms with Gasteiger partial charge in [0.15, 0.2) is 5.75 Å². The predicted molar refractivity (Wildman–Crippen MR) is 170 cm³/mol. The van der Waals surface area contributed by atoms with E-state index >= 15 is 0 Å². The molecule has 5 aliphatic rings. The van der Waals surface area contributed by atoms with Crippen LogP contribution >= 0.6 is 27.5 Å². The molecule has 4 aliphatic carbocycles. The monoisotopic (exact) mass is 669 g/mol. The van der Waals surface area contributed by atoms with E-state index in [1.54, 1.807) is 30.3 Å². The summed E-state index contributed by atoms with van der Waals surface area (Å²) in [4.78, 5) is 40.3. The van der Waals surface area contributed by atoms with Crippen molar-refractivity contribution in [3.8, 4) is 11.8 Å². The summed E-state index contributed by atoms with van der Waals surface area (Å²) >= 11 is 10.0. The number of anilines is 1. The number of hydrogen-bond donors (Lipinski definition) is 1. The maximum Gasteiger partial charge on any atom is 0.335 e. The van der Waals surface area contributed by atoms with Gasteiger partial charge in [-0.3, -0.25) is 14.9 Å². The number of hydrogen-bond acceptors (Lipinski definition) is 5. The molecule has 0 unspecified atom stereocenters. The zero-order valence-electron chi connectivity index (χ0n) is 23.8. The summed E-state index contributed by atoms with van der Waals surface area (Å²) in [5.41, 5.74) is 3.40. The molecule has 0 spiro atoms. The van der Waals surface area contributed by atoms with Gasteiger partial charge in [-0.2, -0.15) is 5.26 Å². The number of nitrogens with one attached hydrogen (secondary N) is 1. The average molecular weight is 671 g/mol. The first-order chi connectivity index (χ1) is 21.2. The van der Waals surface area contributed by atoms with E-state index in [9.17, 15) is 19.6 Å². The standard InChI is InChI=1S/C35H29BrClN3O4/c36-29-13-20(14-30(37)31(29)44-19-25-4-2-1-3-24(25)18-38)12-28-32(41)39-34(43)40(33(28)42)27-7-5-26(6-8-27)35-15-21-9-22(16-35)11-23(10-21)17-35/h1-8,12-14,21-23H,9-11,15-17,19H2,(H,39,41,43)/b28-12+. The molecule has 1 heterocycles. The first kappa shape index (κ1) is 28.8. The maximum atomic E-state index is 13.6. The molecule has 3 aromatic carbocycles. The number of rotatable bonds is 6. The Bertz CT molecular complexity index is 1720. The second-order valence-electron chi connectivity index (χ2n) is 12.6. The fourth-order valence-corrected chi connectivity index (χ4v) is 9.18. The van der Waals surface area contributed by atoms with Gasteiger partial charge in [0.1, 0.15) is 12.2 Å². The molecule has 9 heteroatoms. The SMILES string of the molecule is N#Cc1ccccc1COc1c(Cl)cc(/C=C2\C(=O)NC(=O)N(c3ccc(C45CC6CC(CC(C6)C4)C5)cc3)C2=O)cc1Br. The normalized spacial score (nSPS) is 26.6. The number of halogens is 2. The van der Waals surface area contributed by atoms with Crippen molar-refractivity contribution in [2.75, 3.05) is 4.90 Å². The van der Waals surface area contributed by atoms with Crippen molar-refractivity contribution >= 4 is 57.1 Å². The summed E-state index contributed by atoms with van der Waals surface area (Å²) in [5.74, 6) is 1.30. The molecular weight excluding hydrogens is 642 g/mol. The highest BCUT2D eigenvalue weighted by molar-refractivity contribution is 9.10. The van der Waals surface area contributed by atoms with Crippen LogP contribution in [0.15, 0.2) is 70.7 Å². The number of carbonyl (C=O) groups is 3. The predicted octanol–water partition coefficient (Wildman–Crippen LogP) is 7.69. The minimum Gasteiger partial charge on any atom is -0.486 e. The van der Waals surface area contributed by atoms with Crippen LogP contribution in [-0.2, 0) is 21.6 Å². The molecular formula is C35H29BrClN3O4.